The highest BCUT2D eigenvalue weighted by Gasteiger charge is 2.10. The molecule has 13 heteroatoms. The highest BCUT2D eigenvalue weighted by Crippen LogP contribution is 2.40. The van der Waals surface area contributed by atoms with E-state index in [-0.39, 0.29) is 0 Å². The van der Waals surface area contributed by atoms with Crippen molar-refractivity contribution in [2.24, 2.45) is 10.2 Å². The van der Waals surface area contributed by atoms with E-state index < -0.39 is 0 Å². The number of nitrogens with zero attached hydrogens (tertiary/aromatic N) is 2. The van der Waals surface area contributed by atoms with Gasteiger partial charge in [0.1, 0.15) is 3.14 Å². The summed E-state index contributed by atoms with van der Waals surface area (Å²) >= 11 is 22.8. The van der Waals surface area contributed by atoms with Crippen LogP contribution in [0.15, 0.2) is 79.3 Å². The number of anilines is 2. The van der Waals surface area contributed by atoms with Crippen LogP contribution in [0, 0.1) is 3.14 Å². The minimum atomic E-state index is 0.454. The fourth-order valence-corrected chi connectivity index (χ4v) is 8.66. The van der Waals surface area contributed by atoms with Crippen LogP contribution >= 0.6 is 82.9 Å². The van der Waals surface area contributed by atoms with Crippen molar-refractivity contribution in [1.82, 2.24) is 10.9 Å². The second-order valence-electron chi connectivity index (χ2n) is 7.16. The van der Waals surface area contributed by atoms with Gasteiger partial charge in [-0.25, -0.2) is 0 Å². The van der Waals surface area contributed by atoms with Gasteiger partial charge in [0.15, 0.2) is 10.2 Å². The van der Waals surface area contributed by atoms with Gasteiger partial charge in [0.25, 0.3) is 0 Å². The van der Waals surface area contributed by atoms with Crippen molar-refractivity contribution in [2.45, 2.75) is 22.3 Å². The molecular formula is C23H24N6S7. The number of hydrogen-bond donors (Lipinski definition) is 4. The molecule has 0 atom stereocenters. The Morgan fingerprint density at radius 2 is 1.11 bits per heavy atom. The summed E-state index contributed by atoms with van der Waals surface area (Å²) in [7, 11) is 0. The van der Waals surface area contributed by atoms with Crippen molar-refractivity contribution < 1.29 is 0 Å². The standard InChI is InChI=1S/C23H24N6S7/c1-15(26-28-21(30)24-17-9-5-3-6-10-17)13-33-19-20(36-23(32)35-19)34-14-16(2)27-29-22(31)25-18-11-7-4-8-12-18/h3-12H,13-14H2,1-2H3,(H2,24,28,30)(H2,25,29,31). The van der Waals surface area contributed by atoms with Crippen LogP contribution < -0.4 is 21.5 Å². The maximum Gasteiger partial charge on any atom is 0.191 e. The molecule has 1 aromatic heterocycles. The number of hydrogen-bond acceptors (Lipinski definition) is 9. The van der Waals surface area contributed by atoms with Gasteiger partial charge in [0.05, 0.1) is 8.42 Å². The van der Waals surface area contributed by atoms with Crippen molar-refractivity contribution in [3.63, 3.8) is 0 Å². The van der Waals surface area contributed by atoms with Gasteiger partial charge in [-0.3, -0.25) is 10.9 Å². The molecule has 4 N–H and O–H groups in total. The van der Waals surface area contributed by atoms with E-state index >= 15 is 0 Å². The number of rotatable bonds is 10. The fraction of sp³-hybridized carbons (Fsp3) is 0.174. The summed E-state index contributed by atoms with van der Waals surface area (Å²) in [4.78, 5) is 0. The van der Waals surface area contributed by atoms with Gasteiger partial charge in [0.2, 0.25) is 0 Å². The third kappa shape index (κ3) is 10.6. The average Bonchev–Trinajstić information content (AvgIpc) is 3.24. The monoisotopic (exact) mass is 608 g/mol. The predicted octanol–water partition coefficient (Wildman–Crippen LogP) is 7.45. The van der Waals surface area contributed by atoms with Gasteiger partial charge in [-0.1, -0.05) is 48.6 Å². The average molecular weight is 609 g/mol. The molecule has 0 spiro atoms. The van der Waals surface area contributed by atoms with E-state index in [1.165, 1.54) is 8.42 Å². The van der Waals surface area contributed by atoms with Crippen molar-refractivity contribution in [3.8, 4) is 0 Å². The van der Waals surface area contributed by atoms with Gasteiger partial charge in [-0.2, -0.15) is 10.2 Å². The first-order valence-electron chi connectivity index (χ1n) is 10.6. The number of thiocarbonyl (C=S) groups is 2. The number of thioether (sulfide) groups is 2. The Balaban J connectivity index is 1.45. The Bertz CT molecular complexity index is 1170. The van der Waals surface area contributed by atoms with E-state index in [9.17, 15) is 0 Å². The first kappa shape index (κ1) is 28.7. The summed E-state index contributed by atoms with van der Waals surface area (Å²) in [5.41, 5.74) is 9.50. The van der Waals surface area contributed by atoms with Gasteiger partial charge < -0.3 is 10.6 Å². The van der Waals surface area contributed by atoms with Crippen molar-refractivity contribution in [2.75, 3.05) is 22.1 Å². The highest BCUT2D eigenvalue weighted by molar-refractivity contribution is 8.05. The molecule has 3 aromatic rings. The molecule has 0 bridgehead atoms. The smallest absolute Gasteiger partial charge is 0.191 e. The largest absolute Gasteiger partial charge is 0.331 e. The molecule has 0 aliphatic rings. The molecule has 3 rings (SSSR count). The number of nitrogens with one attached hydrogen (secondary N) is 4. The fourth-order valence-electron chi connectivity index (χ4n) is 2.49. The summed E-state index contributed by atoms with van der Waals surface area (Å²) in [6.07, 6.45) is 0. The van der Waals surface area contributed by atoms with E-state index in [4.69, 9.17) is 36.7 Å². The topological polar surface area (TPSA) is 72.8 Å². The van der Waals surface area contributed by atoms with E-state index in [0.29, 0.717) is 10.2 Å². The van der Waals surface area contributed by atoms with Crippen LogP contribution in [0.3, 0.4) is 0 Å². The lowest BCUT2D eigenvalue weighted by atomic mass is 10.3. The normalized spacial score (nSPS) is 11.6. The van der Waals surface area contributed by atoms with Crippen molar-refractivity contribution >= 4 is 116 Å². The second-order valence-corrected chi connectivity index (χ2v) is 13.7. The lowest BCUT2D eigenvalue weighted by molar-refractivity contribution is 1.03. The van der Waals surface area contributed by atoms with Crippen LogP contribution in [0.5, 0.6) is 0 Å². The maximum absolute atomic E-state index is 5.45. The van der Waals surface area contributed by atoms with Gasteiger partial charge in [-0.15, -0.1) is 46.2 Å². The Morgan fingerprint density at radius 1 is 0.722 bits per heavy atom. The molecule has 0 aliphatic carbocycles. The minimum absolute atomic E-state index is 0.454. The summed E-state index contributed by atoms with van der Waals surface area (Å²) in [5, 5.41) is 15.9. The Morgan fingerprint density at radius 3 is 1.50 bits per heavy atom. The maximum atomic E-state index is 5.45. The van der Waals surface area contributed by atoms with Gasteiger partial charge >= 0.3 is 0 Å². The van der Waals surface area contributed by atoms with Gasteiger partial charge in [-0.05, 0) is 62.5 Å². The molecule has 0 unspecified atom stereocenters. The molecule has 36 heavy (non-hydrogen) atoms. The molecule has 0 radical (unpaired) electrons. The molecule has 6 nitrogen and oxygen atoms in total. The lowest BCUT2D eigenvalue weighted by Crippen LogP contribution is -2.25. The van der Waals surface area contributed by atoms with Gasteiger partial charge in [0, 0.05) is 34.3 Å². The Hall–Kier alpha value is -1.87. The summed E-state index contributed by atoms with van der Waals surface area (Å²) < 4.78 is 3.29. The van der Waals surface area contributed by atoms with E-state index in [1.54, 1.807) is 46.2 Å². The SMILES string of the molecule is CC(CSc1sc(=S)sc1SCC(C)=NNC(=S)Nc1ccccc1)=NNC(=S)Nc1ccccc1. The predicted molar refractivity (Wildman–Crippen MR) is 172 cm³/mol. The van der Waals surface area contributed by atoms with Crippen molar-refractivity contribution in [3.05, 3.63) is 63.8 Å². The Labute approximate surface area is 243 Å². The third-order valence-electron chi connectivity index (χ3n) is 4.10. The zero-order chi connectivity index (χ0) is 25.8. The van der Waals surface area contributed by atoms with Crippen LogP contribution in [0.4, 0.5) is 11.4 Å². The molecule has 0 saturated carbocycles. The van der Waals surface area contributed by atoms with E-state index in [1.807, 2.05) is 74.5 Å². The first-order chi connectivity index (χ1) is 17.4. The first-order valence-corrected chi connectivity index (χ1v) is 15.4. The molecule has 0 saturated heterocycles. The zero-order valence-electron chi connectivity index (χ0n) is 19.4. The summed E-state index contributed by atoms with van der Waals surface area (Å²) in [6.45, 7) is 3.94. The number of para-hydroxylation sites is 2. The molecular weight excluding hydrogens is 585 g/mol. The van der Waals surface area contributed by atoms with Crippen LogP contribution in [0.1, 0.15) is 13.8 Å². The van der Waals surface area contributed by atoms with Crippen molar-refractivity contribution in [1.29, 1.82) is 0 Å². The summed E-state index contributed by atoms with van der Waals surface area (Å²) in [6, 6.07) is 19.5. The molecule has 188 valence electrons. The molecule has 0 fully saturated rings. The van der Waals surface area contributed by atoms with E-state index in [2.05, 4.69) is 31.7 Å². The minimum Gasteiger partial charge on any atom is -0.331 e. The number of benzene rings is 2. The molecule has 0 amide bonds. The molecule has 1 heterocycles. The van der Waals surface area contributed by atoms with Crippen LogP contribution in [-0.2, 0) is 0 Å². The quantitative estimate of drug-likeness (QED) is 0.0813. The van der Waals surface area contributed by atoms with E-state index in [0.717, 1.165) is 37.4 Å². The number of hydrazone groups is 2. The van der Waals surface area contributed by atoms with Crippen LogP contribution in [0.25, 0.3) is 0 Å². The highest BCUT2D eigenvalue weighted by atomic mass is 32.2. The second kappa shape index (κ2) is 15.4. The third-order valence-corrected chi connectivity index (χ3v) is 10.4. The van der Waals surface area contributed by atoms with Crippen LogP contribution in [-0.4, -0.2) is 33.2 Å². The molecule has 2 aromatic carbocycles. The molecule has 0 aliphatic heterocycles. The summed E-state index contributed by atoms with van der Waals surface area (Å²) in [5.74, 6) is 1.45. The zero-order valence-corrected chi connectivity index (χ0v) is 25.2. The Kier molecular flexibility index (Phi) is 12.3. The van der Waals surface area contributed by atoms with Crippen LogP contribution in [0.2, 0.25) is 0 Å². The lowest BCUT2D eigenvalue weighted by Gasteiger charge is -2.08.